The minimum absolute atomic E-state index is 0.00595. The van der Waals surface area contributed by atoms with Crippen LogP contribution in [0.15, 0.2) is 35.7 Å². The number of hydrogen-bond donors (Lipinski definition) is 0. The molecule has 0 bridgehead atoms. The molecule has 2 rings (SSSR count). The molecule has 0 saturated carbocycles. The Balaban J connectivity index is 2.47. The lowest BCUT2D eigenvalue weighted by Crippen LogP contribution is -2.52. The molecule has 0 N–H and O–H groups in total. The molecule has 7 heteroatoms. The Hall–Kier alpha value is -1.37. The van der Waals surface area contributed by atoms with Gasteiger partial charge in [-0.3, -0.25) is 4.79 Å². The molecule has 1 saturated heterocycles. The molecule has 1 fully saturated rings. The van der Waals surface area contributed by atoms with Crippen LogP contribution in [0, 0.1) is 5.41 Å². The highest BCUT2D eigenvalue weighted by Crippen LogP contribution is 2.38. The van der Waals surface area contributed by atoms with Crippen molar-refractivity contribution in [1.29, 1.82) is 0 Å². The fourth-order valence-electron chi connectivity index (χ4n) is 3.49. The average molecular weight is 399 g/mol. The predicted molar refractivity (Wildman–Crippen MR) is 105 cm³/mol. The Labute approximate surface area is 161 Å². The standard InChI is InChI=1S/C19H27ClN2O3S/c1-6-8-17-19(2,3)11-7-12-22(17)18(23)15-13-14(9-10-16(15)20)26(24,25)21(4)5/h6,9-10,13,17H,1,7-8,11-12H2,2-5H3. The monoisotopic (exact) mass is 398 g/mol. The zero-order chi connectivity index (χ0) is 19.7. The highest BCUT2D eigenvalue weighted by molar-refractivity contribution is 7.89. The van der Waals surface area contributed by atoms with Crippen molar-refractivity contribution in [2.24, 2.45) is 5.41 Å². The number of benzene rings is 1. The third kappa shape index (κ3) is 3.97. The van der Waals surface area contributed by atoms with Crippen LogP contribution in [0.3, 0.4) is 0 Å². The van der Waals surface area contributed by atoms with Gasteiger partial charge in [0.2, 0.25) is 10.0 Å². The molecule has 1 aliphatic rings. The quantitative estimate of drug-likeness (QED) is 0.709. The van der Waals surface area contributed by atoms with Gasteiger partial charge < -0.3 is 4.90 Å². The second kappa shape index (κ2) is 7.71. The van der Waals surface area contributed by atoms with Crippen LogP contribution < -0.4 is 0 Å². The van der Waals surface area contributed by atoms with Crippen LogP contribution in [0.25, 0.3) is 0 Å². The van der Waals surface area contributed by atoms with Crippen LogP contribution in [0.4, 0.5) is 0 Å². The molecule has 0 aliphatic carbocycles. The van der Waals surface area contributed by atoms with Crippen LogP contribution in [0.1, 0.15) is 43.5 Å². The van der Waals surface area contributed by atoms with E-state index in [-0.39, 0.29) is 32.8 Å². The van der Waals surface area contributed by atoms with E-state index in [2.05, 4.69) is 20.4 Å². The summed E-state index contributed by atoms with van der Waals surface area (Å²) in [6.07, 6.45) is 4.44. The maximum Gasteiger partial charge on any atom is 0.255 e. The molecule has 1 atom stereocenters. The SMILES string of the molecule is C=CCC1N(C(=O)c2cc(S(=O)(=O)N(C)C)ccc2Cl)CCCC1(C)C. The molecule has 0 spiro atoms. The number of hydrogen-bond acceptors (Lipinski definition) is 3. The smallest absolute Gasteiger partial charge is 0.255 e. The molecule has 144 valence electrons. The van der Waals surface area contributed by atoms with E-state index in [1.807, 2.05) is 11.0 Å². The van der Waals surface area contributed by atoms with Gasteiger partial charge in [0.1, 0.15) is 0 Å². The third-order valence-electron chi connectivity index (χ3n) is 5.10. The van der Waals surface area contributed by atoms with Gasteiger partial charge in [0.25, 0.3) is 5.91 Å². The molecule has 1 aliphatic heterocycles. The van der Waals surface area contributed by atoms with Gasteiger partial charge in [0, 0.05) is 26.7 Å². The summed E-state index contributed by atoms with van der Waals surface area (Å²) in [5.41, 5.74) is 0.184. The molecule has 1 aromatic rings. The Morgan fingerprint density at radius 2 is 2.08 bits per heavy atom. The molecule has 1 aromatic carbocycles. The number of sulfonamides is 1. The zero-order valence-electron chi connectivity index (χ0n) is 15.8. The van der Waals surface area contributed by atoms with Crippen molar-refractivity contribution in [3.05, 3.63) is 41.4 Å². The van der Waals surface area contributed by atoms with E-state index in [1.165, 1.54) is 32.3 Å². The largest absolute Gasteiger partial charge is 0.335 e. The summed E-state index contributed by atoms with van der Waals surface area (Å²) in [6.45, 7) is 8.74. The Morgan fingerprint density at radius 3 is 2.65 bits per heavy atom. The number of carbonyl (C=O) groups excluding carboxylic acids is 1. The van der Waals surface area contributed by atoms with Gasteiger partial charge in [-0.25, -0.2) is 12.7 Å². The summed E-state index contributed by atoms with van der Waals surface area (Å²) >= 11 is 6.26. The Bertz CT molecular complexity index is 803. The number of carbonyl (C=O) groups is 1. The minimum atomic E-state index is -3.64. The van der Waals surface area contributed by atoms with Gasteiger partial charge in [-0.05, 0) is 42.9 Å². The van der Waals surface area contributed by atoms with Crippen LogP contribution in [0.2, 0.25) is 5.02 Å². The number of rotatable bonds is 5. The second-order valence-electron chi connectivity index (χ2n) is 7.56. The van der Waals surface area contributed by atoms with E-state index >= 15 is 0 Å². The number of likely N-dealkylation sites (tertiary alicyclic amines) is 1. The van der Waals surface area contributed by atoms with E-state index in [4.69, 9.17) is 11.6 Å². The fraction of sp³-hybridized carbons (Fsp3) is 0.526. The number of amides is 1. The van der Waals surface area contributed by atoms with E-state index in [9.17, 15) is 13.2 Å². The first kappa shape index (κ1) is 20.9. The van der Waals surface area contributed by atoms with Crippen LogP contribution in [0.5, 0.6) is 0 Å². The molecular formula is C19H27ClN2O3S. The zero-order valence-corrected chi connectivity index (χ0v) is 17.4. The van der Waals surface area contributed by atoms with Crippen molar-refractivity contribution in [3.63, 3.8) is 0 Å². The molecule has 0 radical (unpaired) electrons. The first-order valence-corrected chi connectivity index (χ1v) is 10.5. The first-order valence-electron chi connectivity index (χ1n) is 8.66. The van der Waals surface area contributed by atoms with Gasteiger partial charge in [-0.1, -0.05) is 31.5 Å². The molecule has 0 aromatic heterocycles. The summed E-state index contributed by atoms with van der Waals surface area (Å²) in [4.78, 5) is 15.1. The maximum absolute atomic E-state index is 13.2. The summed E-state index contributed by atoms with van der Waals surface area (Å²) in [5, 5.41) is 0.258. The van der Waals surface area contributed by atoms with Crippen molar-refractivity contribution in [3.8, 4) is 0 Å². The maximum atomic E-state index is 13.2. The Morgan fingerprint density at radius 1 is 1.42 bits per heavy atom. The highest BCUT2D eigenvalue weighted by atomic mass is 35.5. The van der Waals surface area contributed by atoms with Gasteiger partial charge in [-0.2, -0.15) is 0 Å². The highest BCUT2D eigenvalue weighted by Gasteiger charge is 2.39. The van der Waals surface area contributed by atoms with Crippen molar-refractivity contribution in [1.82, 2.24) is 9.21 Å². The second-order valence-corrected chi connectivity index (χ2v) is 10.1. The van der Waals surface area contributed by atoms with E-state index in [1.54, 1.807) is 0 Å². The molecule has 1 heterocycles. The number of nitrogens with zero attached hydrogens (tertiary/aromatic N) is 2. The molecule has 1 amide bonds. The Kier molecular flexibility index (Phi) is 6.20. The van der Waals surface area contributed by atoms with Gasteiger partial charge in [-0.15, -0.1) is 6.58 Å². The summed E-state index contributed by atoms with van der Waals surface area (Å²) in [5.74, 6) is -0.231. The van der Waals surface area contributed by atoms with E-state index in [0.29, 0.717) is 13.0 Å². The van der Waals surface area contributed by atoms with E-state index < -0.39 is 10.0 Å². The van der Waals surface area contributed by atoms with Crippen molar-refractivity contribution in [2.75, 3.05) is 20.6 Å². The molecular weight excluding hydrogens is 372 g/mol. The van der Waals surface area contributed by atoms with Gasteiger partial charge in [0.15, 0.2) is 0 Å². The van der Waals surface area contributed by atoms with Crippen LogP contribution in [-0.2, 0) is 10.0 Å². The van der Waals surface area contributed by atoms with Gasteiger partial charge >= 0.3 is 0 Å². The van der Waals surface area contributed by atoms with Crippen molar-refractivity contribution < 1.29 is 13.2 Å². The first-order chi connectivity index (χ1) is 12.0. The summed E-state index contributed by atoms with van der Waals surface area (Å²) in [7, 11) is -0.725. The topological polar surface area (TPSA) is 57.7 Å². The normalized spacial score (nSPS) is 20.2. The summed E-state index contributed by atoms with van der Waals surface area (Å²) < 4.78 is 25.9. The van der Waals surface area contributed by atoms with E-state index in [0.717, 1.165) is 17.1 Å². The fourth-order valence-corrected chi connectivity index (χ4v) is 4.62. The van der Waals surface area contributed by atoms with Crippen molar-refractivity contribution >= 4 is 27.5 Å². The molecule has 5 nitrogen and oxygen atoms in total. The lowest BCUT2D eigenvalue weighted by atomic mass is 9.75. The van der Waals surface area contributed by atoms with Crippen LogP contribution in [-0.4, -0.2) is 50.2 Å². The third-order valence-corrected chi connectivity index (χ3v) is 7.24. The van der Waals surface area contributed by atoms with Crippen molar-refractivity contribution in [2.45, 2.75) is 44.0 Å². The number of halogens is 1. The van der Waals surface area contributed by atoms with Crippen LogP contribution >= 0.6 is 11.6 Å². The molecule has 1 unspecified atom stereocenters. The summed E-state index contributed by atoms with van der Waals surface area (Å²) in [6, 6.07) is 4.29. The number of piperidine rings is 1. The minimum Gasteiger partial charge on any atom is -0.335 e. The predicted octanol–water partition coefficient (Wildman–Crippen LogP) is 3.80. The van der Waals surface area contributed by atoms with Gasteiger partial charge in [0.05, 0.1) is 15.5 Å². The lowest BCUT2D eigenvalue weighted by molar-refractivity contribution is 0.0287. The lowest BCUT2D eigenvalue weighted by Gasteiger charge is -2.46. The average Bonchev–Trinajstić information content (AvgIpc) is 2.56. The molecule has 26 heavy (non-hydrogen) atoms.